The van der Waals surface area contributed by atoms with Crippen molar-refractivity contribution in [3.05, 3.63) is 0 Å². The molecule has 0 aromatic rings. The Labute approximate surface area is 138 Å². The monoisotopic (exact) mass is 355 g/mol. The van der Waals surface area contributed by atoms with E-state index in [-0.39, 0.29) is 6.54 Å². The first-order chi connectivity index (χ1) is 11.3. The van der Waals surface area contributed by atoms with Crippen molar-refractivity contribution >= 4 is 0 Å². The summed E-state index contributed by atoms with van der Waals surface area (Å²) in [5.41, 5.74) is 5.57. The fraction of sp³-hybridized carbons (Fsp3) is 1.00. The topological polar surface area (TPSA) is 184 Å². The first-order valence-corrected chi connectivity index (χ1v) is 7.56. The summed E-state index contributed by atoms with van der Waals surface area (Å²) < 4.78 is 20.9. The molecule has 8 N–H and O–H groups in total. The van der Waals surface area contributed by atoms with Gasteiger partial charge in [-0.05, 0) is 0 Å². The first-order valence-electron chi connectivity index (χ1n) is 7.56. The van der Waals surface area contributed by atoms with E-state index in [2.05, 4.69) is 0 Å². The summed E-state index contributed by atoms with van der Waals surface area (Å²) in [4.78, 5) is 0. The van der Waals surface area contributed by atoms with Crippen molar-refractivity contribution in [2.75, 3.05) is 20.3 Å². The molecule has 2 rings (SSSR count). The van der Waals surface area contributed by atoms with Crippen LogP contribution in [0.15, 0.2) is 0 Å². The van der Waals surface area contributed by atoms with Crippen LogP contribution in [-0.4, -0.2) is 112 Å². The molecule has 0 bridgehead atoms. The lowest BCUT2D eigenvalue weighted by Crippen LogP contribution is -2.65. The molecule has 142 valence electrons. The Kier molecular flexibility index (Phi) is 6.87. The van der Waals surface area contributed by atoms with Crippen LogP contribution in [0.3, 0.4) is 0 Å². The van der Waals surface area contributed by atoms with Gasteiger partial charge in [0.15, 0.2) is 12.6 Å². The maximum Gasteiger partial charge on any atom is 0.187 e. The normalized spacial score (nSPS) is 50.0. The van der Waals surface area contributed by atoms with Crippen molar-refractivity contribution in [1.29, 1.82) is 0 Å². The van der Waals surface area contributed by atoms with Gasteiger partial charge in [-0.3, -0.25) is 0 Å². The molecule has 2 heterocycles. The van der Waals surface area contributed by atoms with Gasteiger partial charge in [0.05, 0.1) is 6.61 Å². The summed E-state index contributed by atoms with van der Waals surface area (Å²) in [6, 6.07) is 0. The highest BCUT2D eigenvalue weighted by molar-refractivity contribution is 4.94. The number of hydrogen-bond acceptors (Lipinski definition) is 11. The molecule has 11 heteroatoms. The molecule has 10 atom stereocenters. The standard InChI is InChI=1S/C13H25NO10/c1-21-12-10(20)8(18)11(4(2-14)22-12)24-13-9(19)7(17)6(16)5(3-15)23-13/h4-13,15-20H,2-3,14H2,1H3/t4-,5-,6+,7+,8-,9-,10-,11+,12-,13-/m1/s1. The van der Waals surface area contributed by atoms with Gasteiger partial charge < -0.3 is 55.3 Å². The third kappa shape index (κ3) is 3.71. The minimum Gasteiger partial charge on any atom is -0.394 e. The Morgan fingerprint density at radius 2 is 1.42 bits per heavy atom. The fourth-order valence-electron chi connectivity index (χ4n) is 2.79. The van der Waals surface area contributed by atoms with E-state index in [1.165, 1.54) is 7.11 Å². The molecule has 0 saturated carbocycles. The van der Waals surface area contributed by atoms with E-state index in [0.717, 1.165) is 0 Å². The molecule has 2 aliphatic heterocycles. The van der Waals surface area contributed by atoms with Gasteiger partial charge >= 0.3 is 0 Å². The average Bonchev–Trinajstić information content (AvgIpc) is 2.59. The lowest BCUT2D eigenvalue weighted by molar-refractivity contribution is -0.354. The van der Waals surface area contributed by atoms with Crippen LogP contribution in [0.25, 0.3) is 0 Å². The Balaban J connectivity index is 2.12. The first kappa shape index (κ1) is 19.9. The van der Waals surface area contributed by atoms with Gasteiger partial charge in [-0.1, -0.05) is 0 Å². The predicted molar refractivity (Wildman–Crippen MR) is 75.4 cm³/mol. The molecule has 0 unspecified atom stereocenters. The quantitative estimate of drug-likeness (QED) is 0.251. The van der Waals surface area contributed by atoms with Crippen LogP contribution >= 0.6 is 0 Å². The van der Waals surface area contributed by atoms with Crippen molar-refractivity contribution in [1.82, 2.24) is 0 Å². The third-order valence-corrected chi connectivity index (χ3v) is 4.25. The smallest absolute Gasteiger partial charge is 0.187 e. The van der Waals surface area contributed by atoms with Gasteiger partial charge in [0.2, 0.25) is 0 Å². The van der Waals surface area contributed by atoms with E-state index in [9.17, 15) is 25.5 Å². The zero-order valence-corrected chi connectivity index (χ0v) is 13.1. The van der Waals surface area contributed by atoms with Crippen molar-refractivity contribution in [2.45, 2.75) is 61.4 Å². The van der Waals surface area contributed by atoms with Crippen molar-refractivity contribution in [2.24, 2.45) is 5.73 Å². The molecule has 0 aromatic heterocycles. The Hall–Kier alpha value is -0.440. The van der Waals surface area contributed by atoms with Gasteiger partial charge in [-0.15, -0.1) is 0 Å². The summed E-state index contributed by atoms with van der Waals surface area (Å²) in [6.07, 6.45) is -13.6. The molecule has 2 fully saturated rings. The number of nitrogens with two attached hydrogens (primary N) is 1. The molecule has 2 saturated heterocycles. The van der Waals surface area contributed by atoms with Crippen molar-refractivity contribution in [3.8, 4) is 0 Å². The Morgan fingerprint density at radius 3 is 1.96 bits per heavy atom. The number of rotatable bonds is 5. The van der Waals surface area contributed by atoms with Crippen LogP contribution in [0.4, 0.5) is 0 Å². The van der Waals surface area contributed by atoms with Crippen LogP contribution < -0.4 is 5.73 Å². The van der Waals surface area contributed by atoms with Crippen LogP contribution in [-0.2, 0) is 18.9 Å². The van der Waals surface area contributed by atoms with E-state index in [1.54, 1.807) is 0 Å². The minimum atomic E-state index is -1.65. The maximum atomic E-state index is 10.2. The van der Waals surface area contributed by atoms with Gasteiger partial charge in [-0.2, -0.15) is 0 Å². The highest BCUT2D eigenvalue weighted by Gasteiger charge is 2.50. The number of ether oxygens (including phenoxy) is 4. The summed E-state index contributed by atoms with van der Waals surface area (Å²) in [6.45, 7) is -0.713. The van der Waals surface area contributed by atoms with Gasteiger partial charge in [0.25, 0.3) is 0 Å². The highest BCUT2D eigenvalue weighted by Crippen LogP contribution is 2.28. The summed E-state index contributed by atoms with van der Waals surface area (Å²) in [5.74, 6) is 0. The molecular formula is C13H25NO10. The predicted octanol–water partition coefficient (Wildman–Crippen LogP) is -4.78. The number of aliphatic hydroxyl groups is 6. The van der Waals surface area contributed by atoms with E-state index < -0.39 is 68.0 Å². The average molecular weight is 355 g/mol. The SMILES string of the molecule is CO[C@@H]1O[C@H](CN)[C@H](O[C@H]2O[C@H](CO)[C@H](O)[C@H](O)[C@H]2O)[C@H](O)[C@H]1O. The molecule has 0 aliphatic carbocycles. The summed E-state index contributed by atoms with van der Waals surface area (Å²) in [5, 5.41) is 58.8. The molecule has 24 heavy (non-hydrogen) atoms. The number of aliphatic hydroxyl groups excluding tert-OH is 6. The van der Waals surface area contributed by atoms with Gasteiger partial charge in [0, 0.05) is 13.7 Å². The molecule has 0 radical (unpaired) electrons. The highest BCUT2D eigenvalue weighted by atomic mass is 16.7. The fourth-order valence-corrected chi connectivity index (χ4v) is 2.79. The van der Waals surface area contributed by atoms with Crippen molar-refractivity contribution < 1.29 is 49.6 Å². The lowest BCUT2D eigenvalue weighted by Gasteiger charge is -2.45. The van der Waals surface area contributed by atoms with Crippen LogP contribution in [0.1, 0.15) is 0 Å². The van der Waals surface area contributed by atoms with Crippen LogP contribution in [0.2, 0.25) is 0 Å². The maximum absolute atomic E-state index is 10.2. The second kappa shape index (κ2) is 8.29. The lowest BCUT2D eigenvalue weighted by atomic mass is 9.97. The van der Waals surface area contributed by atoms with Crippen LogP contribution in [0.5, 0.6) is 0 Å². The molecule has 2 aliphatic rings. The largest absolute Gasteiger partial charge is 0.394 e. The van der Waals surface area contributed by atoms with Crippen molar-refractivity contribution in [3.63, 3.8) is 0 Å². The minimum absolute atomic E-state index is 0.0915. The van der Waals surface area contributed by atoms with Crippen LogP contribution in [0, 0.1) is 0 Å². The summed E-state index contributed by atoms with van der Waals surface area (Å²) in [7, 11) is 1.28. The number of methoxy groups -OCH3 is 1. The second-order valence-corrected chi connectivity index (χ2v) is 5.79. The zero-order valence-electron chi connectivity index (χ0n) is 13.1. The molecule has 0 amide bonds. The molecule has 11 nitrogen and oxygen atoms in total. The molecule has 0 spiro atoms. The van der Waals surface area contributed by atoms with E-state index in [1.807, 2.05) is 0 Å². The molecular weight excluding hydrogens is 330 g/mol. The van der Waals surface area contributed by atoms with E-state index in [4.69, 9.17) is 29.8 Å². The van der Waals surface area contributed by atoms with E-state index >= 15 is 0 Å². The Morgan fingerprint density at radius 1 is 0.833 bits per heavy atom. The van der Waals surface area contributed by atoms with E-state index in [0.29, 0.717) is 0 Å². The number of hydrogen-bond donors (Lipinski definition) is 7. The van der Waals surface area contributed by atoms with Gasteiger partial charge in [-0.25, -0.2) is 0 Å². The third-order valence-electron chi connectivity index (χ3n) is 4.25. The van der Waals surface area contributed by atoms with Gasteiger partial charge in [0.1, 0.15) is 48.8 Å². The second-order valence-electron chi connectivity index (χ2n) is 5.79. The Bertz CT molecular complexity index is 397. The molecule has 0 aromatic carbocycles. The zero-order chi connectivity index (χ0) is 18.0. The summed E-state index contributed by atoms with van der Waals surface area (Å²) >= 11 is 0.